The number of nitrogens with one attached hydrogen (secondary N) is 2. The van der Waals surface area contributed by atoms with Crippen LogP contribution in [0.2, 0.25) is 0 Å². The van der Waals surface area contributed by atoms with E-state index in [1.54, 1.807) is 49.5 Å². The van der Waals surface area contributed by atoms with Gasteiger partial charge in [0.25, 0.3) is 11.8 Å². The summed E-state index contributed by atoms with van der Waals surface area (Å²) in [6, 6.07) is 11.9. The first-order valence-corrected chi connectivity index (χ1v) is 6.51. The molecule has 108 valence electrons. The van der Waals surface area contributed by atoms with Crippen LogP contribution in [0.1, 0.15) is 26.3 Å². The molecule has 0 spiro atoms. The molecule has 21 heavy (non-hydrogen) atoms. The van der Waals surface area contributed by atoms with Crippen LogP contribution < -0.4 is 16.4 Å². The molecular weight excluding hydrogens is 266 g/mol. The van der Waals surface area contributed by atoms with Crippen molar-refractivity contribution in [2.24, 2.45) is 0 Å². The molecule has 0 heterocycles. The largest absolute Gasteiger partial charge is 0.399 e. The third-order valence-corrected chi connectivity index (χ3v) is 3.10. The lowest BCUT2D eigenvalue weighted by atomic mass is 10.1. The molecule has 0 atom stereocenters. The highest BCUT2D eigenvalue weighted by Gasteiger charge is 2.10. The molecule has 0 unspecified atom stereocenters. The molecule has 5 nitrogen and oxygen atoms in total. The maximum absolute atomic E-state index is 12.2. The molecule has 0 aliphatic rings. The van der Waals surface area contributed by atoms with Crippen molar-refractivity contribution >= 4 is 23.2 Å². The Kier molecular flexibility index (Phi) is 4.23. The topological polar surface area (TPSA) is 84.2 Å². The summed E-state index contributed by atoms with van der Waals surface area (Å²) in [6.45, 7) is 1.83. The third-order valence-electron chi connectivity index (χ3n) is 3.10. The quantitative estimate of drug-likeness (QED) is 0.755. The van der Waals surface area contributed by atoms with Crippen LogP contribution in [0, 0.1) is 6.92 Å². The maximum Gasteiger partial charge on any atom is 0.255 e. The van der Waals surface area contributed by atoms with Crippen molar-refractivity contribution in [3.63, 3.8) is 0 Å². The lowest BCUT2D eigenvalue weighted by Gasteiger charge is -2.09. The number of carbonyl (C=O) groups is 2. The standard InChI is InChI=1S/C16H17N3O2/c1-10-8-12(17)6-7-14(10)16(21)19-13-5-3-4-11(9-13)15(20)18-2/h3-9H,17H2,1-2H3,(H,18,20)(H,19,21). The minimum absolute atomic E-state index is 0.199. The van der Waals surface area contributed by atoms with E-state index in [2.05, 4.69) is 10.6 Å². The summed E-state index contributed by atoms with van der Waals surface area (Å²) >= 11 is 0. The van der Waals surface area contributed by atoms with Crippen molar-refractivity contribution < 1.29 is 9.59 Å². The molecule has 2 aromatic carbocycles. The highest BCUT2D eigenvalue weighted by atomic mass is 16.2. The number of amides is 2. The first kappa shape index (κ1) is 14.6. The van der Waals surface area contributed by atoms with Gasteiger partial charge in [-0.15, -0.1) is 0 Å². The third kappa shape index (κ3) is 3.39. The van der Waals surface area contributed by atoms with Crippen LogP contribution in [0.3, 0.4) is 0 Å². The number of rotatable bonds is 3. The van der Waals surface area contributed by atoms with E-state index in [0.29, 0.717) is 22.5 Å². The molecule has 2 amide bonds. The van der Waals surface area contributed by atoms with E-state index in [9.17, 15) is 9.59 Å². The summed E-state index contributed by atoms with van der Waals surface area (Å²) in [6.07, 6.45) is 0. The lowest BCUT2D eigenvalue weighted by Crippen LogP contribution is -2.18. The second-order valence-electron chi connectivity index (χ2n) is 4.69. The van der Waals surface area contributed by atoms with Crippen LogP contribution >= 0.6 is 0 Å². The molecule has 4 N–H and O–H groups in total. The van der Waals surface area contributed by atoms with Gasteiger partial charge in [0.2, 0.25) is 0 Å². The molecule has 0 aliphatic carbocycles. The van der Waals surface area contributed by atoms with E-state index in [4.69, 9.17) is 5.73 Å². The molecule has 0 saturated carbocycles. The average molecular weight is 283 g/mol. The average Bonchev–Trinajstić information content (AvgIpc) is 2.46. The lowest BCUT2D eigenvalue weighted by molar-refractivity contribution is 0.0961. The van der Waals surface area contributed by atoms with Crippen LogP contribution in [-0.2, 0) is 0 Å². The molecule has 0 bridgehead atoms. The van der Waals surface area contributed by atoms with Crippen molar-refractivity contribution in [3.05, 3.63) is 59.2 Å². The molecule has 0 fully saturated rings. The predicted molar refractivity (Wildman–Crippen MR) is 83.4 cm³/mol. The Balaban J connectivity index is 2.21. The number of aryl methyl sites for hydroxylation is 1. The van der Waals surface area contributed by atoms with Crippen molar-refractivity contribution in [1.29, 1.82) is 0 Å². The molecular formula is C16H17N3O2. The summed E-state index contributed by atoms with van der Waals surface area (Å²) in [5.74, 6) is -0.434. The Hall–Kier alpha value is -2.82. The van der Waals surface area contributed by atoms with Gasteiger partial charge in [-0.25, -0.2) is 0 Å². The van der Waals surface area contributed by atoms with Gasteiger partial charge >= 0.3 is 0 Å². The van der Waals surface area contributed by atoms with Crippen molar-refractivity contribution in [3.8, 4) is 0 Å². The summed E-state index contributed by atoms with van der Waals surface area (Å²) < 4.78 is 0. The first-order valence-electron chi connectivity index (χ1n) is 6.51. The Morgan fingerprint density at radius 2 is 1.81 bits per heavy atom. The number of nitrogens with two attached hydrogens (primary N) is 1. The number of hydrogen-bond donors (Lipinski definition) is 3. The second-order valence-corrected chi connectivity index (χ2v) is 4.69. The number of nitrogen functional groups attached to an aromatic ring is 1. The monoisotopic (exact) mass is 283 g/mol. The highest BCUT2D eigenvalue weighted by molar-refractivity contribution is 6.06. The Labute approximate surface area is 123 Å². The molecule has 2 aromatic rings. The molecule has 5 heteroatoms. The van der Waals surface area contributed by atoms with Gasteiger partial charge in [-0.05, 0) is 48.9 Å². The molecule has 0 saturated heterocycles. The Morgan fingerprint density at radius 3 is 2.48 bits per heavy atom. The van der Waals surface area contributed by atoms with Crippen LogP contribution in [0.4, 0.5) is 11.4 Å². The fraction of sp³-hybridized carbons (Fsp3) is 0.125. The number of anilines is 2. The Bertz CT molecular complexity index is 696. The van der Waals surface area contributed by atoms with Gasteiger partial charge in [0, 0.05) is 29.5 Å². The van der Waals surface area contributed by atoms with Crippen molar-refractivity contribution in [2.45, 2.75) is 6.92 Å². The van der Waals surface area contributed by atoms with Gasteiger partial charge in [-0.2, -0.15) is 0 Å². The minimum atomic E-state index is -0.235. The van der Waals surface area contributed by atoms with Gasteiger partial charge in [-0.3, -0.25) is 9.59 Å². The summed E-state index contributed by atoms with van der Waals surface area (Å²) in [5.41, 5.74) is 8.70. The minimum Gasteiger partial charge on any atom is -0.399 e. The Morgan fingerprint density at radius 1 is 1.05 bits per heavy atom. The van der Waals surface area contributed by atoms with E-state index in [0.717, 1.165) is 5.56 Å². The van der Waals surface area contributed by atoms with Gasteiger partial charge in [0.15, 0.2) is 0 Å². The van der Waals surface area contributed by atoms with Gasteiger partial charge in [0.05, 0.1) is 0 Å². The molecule has 0 aromatic heterocycles. The SMILES string of the molecule is CNC(=O)c1cccc(NC(=O)c2ccc(N)cc2C)c1. The number of hydrogen-bond acceptors (Lipinski definition) is 3. The highest BCUT2D eigenvalue weighted by Crippen LogP contribution is 2.16. The fourth-order valence-corrected chi connectivity index (χ4v) is 2.02. The van der Waals surface area contributed by atoms with E-state index in [-0.39, 0.29) is 11.8 Å². The molecule has 0 radical (unpaired) electrons. The van der Waals surface area contributed by atoms with E-state index in [1.807, 2.05) is 6.92 Å². The van der Waals surface area contributed by atoms with E-state index >= 15 is 0 Å². The van der Waals surface area contributed by atoms with Crippen LogP contribution in [0.25, 0.3) is 0 Å². The number of benzene rings is 2. The smallest absolute Gasteiger partial charge is 0.255 e. The molecule has 0 aliphatic heterocycles. The van der Waals surface area contributed by atoms with Gasteiger partial charge in [-0.1, -0.05) is 6.07 Å². The van der Waals surface area contributed by atoms with Crippen LogP contribution in [0.15, 0.2) is 42.5 Å². The maximum atomic E-state index is 12.2. The molecule has 2 rings (SSSR count). The van der Waals surface area contributed by atoms with Crippen LogP contribution in [0.5, 0.6) is 0 Å². The summed E-state index contributed by atoms with van der Waals surface area (Å²) in [5, 5.41) is 5.32. The number of carbonyl (C=O) groups excluding carboxylic acids is 2. The van der Waals surface area contributed by atoms with Gasteiger partial charge in [0.1, 0.15) is 0 Å². The normalized spacial score (nSPS) is 10.0. The predicted octanol–water partition coefficient (Wildman–Crippen LogP) is 2.19. The second kappa shape index (κ2) is 6.09. The summed E-state index contributed by atoms with van der Waals surface area (Å²) in [4.78, 5) is 23.8. The first-order chi connectivity index (χ1) is 10.0. The van der Waals surface area contributed by atoms with Crippen molar-refractivity contribution in [1.82, 2.24) is 5.32 Å². The van der Waals surface area contributed by atoms with E-state index in [1.165, 1.54) is 0 Å². The van der Waals surface area contributed by atoms with Crippen molar-refractivity contribution in [2.75, 3.05) is 18.1 Å². The van der Waals surface area contributed by atoms with E-state index < -0.39 is 0 Å². The zero-order chi connectivity index (χ0) is 15.4. The van der Waals surface area contributed by atoms with Crippen LogP contribution in [-0.4, -0.2) is 18.9 Å². The summed E-state index contributed by atoms with van der Waals surface area (Å²) in [7, 11) is 1.56. The van der Waals surface area contributed by atoms with Gasteiger partial charge < -0.3 is 16.4 Å². The zero-order valence-corrected chi connectivity index (χ0v) is 11.9. The zero-order valence-electron chi connectivity index (χ0n) is 11.9. The fourth-order valence-electron chi connectivity index (χ4n) is 2.02.